The molecular weight excluding hydrogens is 260 g/mol. The predicted molar refractivity (Wildman–Crippen MR) is 75.1 cm³/mol. The molecule has 0 spiro atoms. The first-order chi connectivity index (χ1) is 9.34. The summed E-state index contributed by atoms with van der Waals surface area (Å²) in [6.07, 6.45) is 1.53. The maximum atomic E-state index is 12.1. The standard InChI is InChI=1S/C14H12N2O2S/c17-14-13-12(6-7-19-13)15-9-16(14)10-18-8-11-4-2-1-3-5-11/h1-7,9H,8,10H2. The van der Waals surface area contributed by atoms with E-state index in [-0.39, 0.29) is 12.3 Å². The molecule has 0 aliphatic carbocycles. The second kappa shape index (κ2) is 5.34. The number of benzene rings is 1. The Hall–Kier alpha value is -1.98. The van der Waals surface area contributed by atoms with Crippen molar-refractivity contribution in [3.8, 4) is 0 Å². The molecule has 0 unspecified atom stereocenters. The molecule has 19 heavy (non-hydrogen) atoms. The largest absolute Gasteiger partial charge is 0.356 e. The van der Waals surface area contributed by atoms with Gasteiger partial charge in [-0.2, -0.15) is 0 Å². The van der Waals surface area contributed by atoms with Crippen molar-refractivity contribution in [2.45, 2.75) is 13.3 Å². The molecular formula is C14H12N2O2S. The Morgan fingerprint density at radius 1 is 1.21 bits per heavy atom. The number of aromatic nitrogens is 2. The zero-order chi connectivity index (χ0) is 13.1. The van der Waals surface area contributed by atoms with E-state index in [1.165, 1.54) is 22.2 Å². The number of ether oxygens (including phenoxy) is 1. The van der Waals surface area contributed by atoms with E-state index < -0.39 is 0 Å². The lowest BCUT2D eigenvalue weighted by atomic mass is 10.2. The van der Waals surface area contributed by atoms with Crippen LogP contribution < -0.4 is 5.56 Å². The van der Waals surface area contributed by atoms with Gasteiger partial charge in [0.1, 0.15) is 17.8 Å². The Morgan fingerprint density at radius 2 is 2.05 bits per heavy atom. The highest BCUT2D eigenvalue weighted by atomic mass is 32.1. The van der Waals surface area contributed by atoms with E-state index in [1.807, 2.05) is 41.8 Å². The molecule has 3 rings (SSSR count). The Morgan fingerprint density at radius 3 is 2.89 bits per heavy atom. The van der Waals surface area contributed by atoms with Crippen LogP contribution in [0.5, 0.6) is 0 Å². The molecule has 0 saturated heterocycles. The van der Waals surface area contributed by atoms with Gasteiger partial charge in [0.15, 0.2) is 0 Å². The summed E-state index contributed by atoms with van der Waals surface area (Å²) in [5.74, 6) is 0. The van der Waals surface area contributed by atoms with Crippen molar-refractivity contribution in [2.24, 2.45) is 0 Å². The van der Waals surface area contributed by atoms with Crippen molar-refractivity contribution >= 4 is 21.6 Å². The Balaban J connectivity index is 1.72. The summed E-state index contributed by atoms with van der Waals surface area (Å²) >= 11 is 1.41. The molecule has 3 aromatic rings. The lowest BCUT2D eigenvalue weighted by molar-refractivity contribution is 0.0615. The van der Waals surface area contributed by atoms with Gasteiger partial charge in [-0.3, -0.25) is 9.36 Å². The van der Waals surface area contributed by atoms with Crippen LogP contribution in [0.2, 0.25) is 0 Å². The van der Waals surface area contributed by atoms with E-state index in [9.17, 15) is 4.79 Å². The summed E-state index contributed by atoms with van der Waals surface area (Å²) in [5, 5.41) is 1.87. The molecule has 0 atom stereocenters. The van der Waals surface area contributed by atoms with Crippen LogP contribution >= 0.6 is 11.3 Å². The van der Waals surface area contributed by atoms with Crippen LogP contribution in [-0.2, 0) is 18.1 Å². The highest BCUT2D eigenvalue weighted by Crippen LogP contribution is 2.13. The van der Waals surface area contributed by atoms with Crippen molar-refractivity contribution < 1.29 is 4.74 Å². The molecule has 1 aromatic carbocycles. The summed E-state index contributed by atoms with van der Waals surface area (Å²) < 4.78 is 7.70. The number of nitrogens with zero attached hydrogens (tertiary/aromatic N) is 2. The zero-order valence-electron chi connectivity index (χ0n) is 10.2. The average molecular weight is 272 g/mol. The van der Waals surface area contributed by atoms with Gasteiger partial charge in [0.05, 0.1) is 12.1 Å². The van der Waals surface area contributed by atoms with Crippen LogP contribution in [0.25, 0.3) is 10.2 Å². The predicted octanol–water partition coefficient (Wildman–Crippen LogP) is 2.63. The van der Waals surface area contributed by atoms with Gasteiger partial charge in [-0.1, -0.05) is 30.3 Å². The highest BCUT2D eigenvalue weighted by Gasteiger charge is 2.04. The maximum absolute atomic E-state index is 12.1. The van der Waals surface area contributed by atoms with E-state index >= 15 is 0 Å². The first-order valence-electron chi connectivity index (χ1n) is 5.89. The summed E-state index contributed by atoms with van der Waals surface area (Å²) in [4.78, 5) is 16.3. The molecule has 0 aliphatic rings. The lowest BCUT2D eigenvalue weighted by Crippen LogP contribution is -2.20. The van der Waals surface area contributed by atoms with Gasteiger partial charge in [0, 0.05) is 0 Å². The van der Waals surface area contributed by atoms with Gasteiger partial charge in [-0.05, 0) is 17.0 Å². The maximum Gasteiger partial charge on any atom is 0.273 e. The van der Waals surface area contributed by atoms with E-state index in [4.69, 9.17) is 4.74 Å². The quantitative estimate of drug-likeness (QED) is 0.733. The molecule has 0 N–H and O–H groups in total. The van der Waals surface area contributed by atoms with Crippen LogP contribution in [0, 0.1) is 0 Å². The second-order valence-electron chi connectivity index (χ2n) is 4.12. The second-order valence-corrected chi connectivity index (χ2v) is 5.03. The third-order valence-corrected chi connectivity index (χ3v) is 3.67. The summed E-state index contributed by atoms with van der Waals surface area (Å²) in [6.45, 7) is 0.699. The van der Waals surface area contributed by atoms with Gasteiger partial charge in [0.2, 0.25) is 0 Å². The molecule has 0 radical (unpaired) electrons. The van der Waals surface area contributed by atoms with Gasteiger partial charge in [-0.15, -0.1) is 11.3 Å². The molecule has 0 saturated carbocycles. The molecule has 0 bridgehead atoms. The molecule has 2 aromatic heterocycles. The molecule has 0 fully saturated rings. The van der Waals surface area contributed by atoms with E-state index in [0.717, 1.165) is 11.1 Å². The molecule has 0 aliphatic heterocycles. The van der Waals surface area contributed by atoms with E-state index in [0.29, 0.717) is 11.3 Å². The topological polar surface area (TPSA) is 44.1 Å². The third-order valence-electron chi connectivity index (χ3n) is 2.78. The number of hydrogen-bond acceptors (Lipinski definition) is 4. The summed E-state index contributed by atoms with van der Waals surface area (Å²) in [5.41, 5.74) is 1.78. The fourth-order valence-electron chi connectivity index (χ4n) is 1.81. The van der Waals surface area contributed by atoms with Gasteiger partial charge in [-0.25, -0.2) is 4.98 Å². The van der Waals surface area contributed by atoms with E-state index in [2.05, 4.69) is 4.98 Å². The van der Waals surface area contributed by atoms with Crippen LogP contribution in [0.3, 0.4) is 0 Å². The zero-order valence-corrected chi connectivity index (χ0v) is 11.0. The van der Waals surface area contributed by atoms with E-state index in [1.54, 1.807) is 0 Å². The lowest BCUT2D eigenvalue weighted by Gasteiger charge is -2.06. The summed E-state index contributed by atoms with van der Waals surface area (Å²) in [6, 6.07) is 11.7. The molecule has 0 amide bonds. The van der Waals surface area contributed by atoms with Crippen molar-refractivity contribution in [3.05, 3.63) is 64.0 Å². The first-order valence-corrected chi connectivity index (χ1v) is 6.77. The fourth-order valence-corrected chi connectivity index (χ4v) is 2.60. The SMILES string of the molecule is O=c1c2sccc2ncn1COCc1ccccc1. The molecule has 4 nitrogen and oxygen atoms in total. The minimum Gasteiger partial charge on any atom is -0.356 e. The highest BCUT2D eigenvalue weighted by molar-refractivity contribution is 7.17. The third kappa shape index (κ3) is 2.57. The normalized spacial score (nSPS) is 10.9. The van der Waals surface area contributed by atoms with Crippen LogP contribution in [0.15, 0.2) is 52.9 Å². The fraction of sp³-hybridized carbons (Fsp3) is 0.143. The van der Waals surface area contributed by atoms with Gasteiger partial charge in [0.25, 0.3) is 5.56 Å². The van der Waals surface area contributed by atoms with Crippen molar-refractivity contribution in [3.63, 3.8) is 0 Å². The average Bonchev–Trinajstić information content (AvgIpc) is 2.92. The van der Waals surface area contributed by atoms with Crippen LogP contribution in [0.4, 0.5) is 0 Å². The minimum absolute atomic E-state index is 0.0481. The number of thiophene rings is 1. The molecule has 96 valence electrons. The molecule has 5 heteroatoms. The Bertz CT molecular complexity index is 734. The van der Waals surface area contributed by atoms with Crippen molar-refractivity contribution in [1.82, 2.24) is 9.55 Å². The Kier molecular flexibility index (Phi) is 3.39. The van der Waals surface area contributed by atoms with Crippen LogP contribution in [-0.4, -0.2) is 9.55 Å². The van der Waals surface area contributed by atoms with Crippen LogP contribution in [0.1, 0.15) is 5.56 Å². The number of rotatable bonds is 4. The van der Waals surface area contributed by atoms with Crippen molar-refractivity contribution in [2.75, 3.05) is 0 Å². The number of hydrogen-bond donors (Lipinski definition) is 0. The Labute approximate surface area is 113 Å². The monoisotopic (exact) mass is 272 g/mol. The molecule has 2 heterocycles. The summed E-state index contributed by atoms with van der Waals surface area (Å²) in [7, 11) is 0. The minimum atomic E-state index is -0.0481. The van der Waals surface area contributed by atoms with Crippen molar-refractivity contribution in [1.29, 1.82) is 0 Å². The smallest absolute Gasteiger partial charge is 0.273 e. The van der Waals surface area contributed by atoms with Gasteiger partial charge < -0.3 is 4.74 Å². The van der Waals surface area contributed by atoms with Gasteiger partial charge >= 0.3 is 0 Å². The first kappa shape index (κ1) is 12.1. The number of fused-ring (bicyclic) bond motifs is 1.